The maximum absolute atomic E-state index is 12.1. The van der Waals surface area contributed by atoms with Gasteiger partial charge in [-0.1, -0.05) is 96.8 Å². The van der Waals surface area contributed by atoms with Crippen LogP contribution in [-0.2, 0) is 14.8 Å². The molecule has 0 fully saturated rings. The van der Waals surface area contributed by atoms with E-state index in [1.807, 2.05) is 0 Å². The Morgan fingerprint density at radius 2 is 1.13 bits per heavy atom. The van der Waals surface area contributed by atoms with Crippen molar-refractivity contribution < 1.29 is 13.2 Å². The van der Waals surface area contributed by atoms with Crippen LogP contribution in [0.1, 0.15) is 110 Å². The van der Waals surface area contributed by atoms with Gasteiger partial charge < -0.3 is 5.73 Å². The number of rotatable bonds is 18. The molecule has 0 unspecified atom stereocenters. The molecule has 1 rings (SSSR count). The van der Waals surface area contributed by atoms with Crippen molar-refractivity contribution in [3.05, 3.63) is 24.3 Å². The quantitative estimate of drug-likeness (QED) is 0.139. The van der Waals surface area contributed by atoms with Gasteiger partial charge in [-0.15, -0.1) is 0 Å². The number of unbranched alkanes of at least 4 members (excludes halogenated alkanes) is 14. The third-order valence-corrected chi connectivity index (χ3v) is 6.84. The molecule has 0 aromatic heterocycles. The van der Waals surface area contributed by atoms with Gasteiger partial charge in [0.15, 0.2) is 0 Å². The summed E-state index contributed by atoms with van der Waals surface area (Å²) >= 11 is 0. The first-order valence-corrected chi connectivity index (χ1v) is 13.3. The second-order valence-electron chi connectivity index (χ2n) is 8.30. The molecule has 0 heterocycles. The maximum atomic E-state index is 12.1. The molecule has 0 spiro atoms. The summed E-state index contributed by atoms with van der Waals surface area (Å²) in [5, 5.41) is 0. The molecule has 0 saturated heterocycles. The fourth-order valence-corrected chi connectivity index (χ4v) is 4.58. The molecule has 0 bridgehead atoms. The van der Waals surface area contributed by atoms with Crippen molar-refractivity contribution in [1.29, 1.82) is 0 Å². The first-order chi connectivity index (χ1) is 14.5. The molecule has 1 amide bonds. The molecule has 0 aliphatic carbocycles. The number of benzene rings is 1. The van der Waals surface area contributed by atoms with E-state index in [0.717, 1.165) is 19.3 Å². The summed E-state index contributed by atoms with van der Waals surface area (Å²) in [6.45, 7) is 2.26. The van der Waals surface area contributed by atoms with Gasteiger partial charge in [0.25, 0.3) is 10.0 Å². The van der Waals surface area contributed by atoms with Crippen LogP contribution in [0.2, 0.25) is 0 Å². The van der Waals surface area contributed by atoms with Crippen LogP contribution < -0.4 is 10.5 Å². The molecular weight excluding hydrogens is 534 g/mol. The number of carbonyl (C=O) groups is 1. The minimum atomic E-state index is -3.80. The molecule has 0 aliphatic rings. The van der Waals surface area contributed by atoms with Crippen LogP contribution in [0, 0.1) is 0 Å². The van der Waals surface area contributed by atoms with Crippen LogP contribution in [0.3, 0.4) is 0 Å². The SMILES string of the molecule is CCCCCCCCCCCCCCCCCC(=O)NS(=O)(=O)c1ccc(N)cc1.[BaH2]. The Labute approximate surface area is 230 Å². The van der Waals surface area contributed by atoms with Gasteiger partial charge in [0, 0.05) is 12.1 Å². The van der Waals surface area contributed by atoms with E-state index in [2.05, 4.69) is 11.6 Å². The number of sulfonamides is 1. The predicted octanol–water partition coefficient (Wildman–Crippen LogP) is 5.42. The molecule has 1 aromatic carbocycles. The van der Waals surface area contributed by atoms with Crippen molar-refractivity contribution in [1.82, 2.24) is 4.72 Å². The van der Waals surface area contributed by atoms with Crippen LogP contribution >= 0.6 is 0 Å². The Balaban J connectivity index is 0.00000900. The van der Waals surface area contributed by atoms with Gasteiger partial charge in [-0.3, -0.25) is 4.79 Å². The van der Waals surface area contributed by atoms with Crippen molar-refractivity contribution >= 4 is 70.5 Å². The van der Waals surface area contributed by atoms with Crippen LogP contribution in [0.4, 0.5) is 5.69 Å². The van der Waals surface area contributed by atoms with Gasteiger partial charge in [0.2, 0.25) is 5.91 Å². The van der Waals surface area contributed by atoms with Crippen LogP contribution in [0.15, 0.2) is 29.2 Å². The fourth-order valence-electron chi connectivity index (χ4n) is 3.56. The Hall–Kier alpha value is 0.0114. The number of anilines is 1. The van der Waals surface area contributed by atoms with E-state index in [0.29, 0.717) is 5.69 Å². The Morgan fingerprint density at radius 3 is 1.55 bits per heavy atom. The van der Waals surface area contributed by atoms with Gasteiger partial charge in [-0.2, -0.15) is 0 Å². The molecule has 0 radical (unpaired) electrons. The standard InChI is InChI=1S/C24H42N2O3S.Ba.2H/c1-2-3-4-5-6-7-8-9-10-11-12-13-14-15-16-17-24(27)26-30(28,29)23-20-18-22(25)19-21-23;;;/h18-21H,2-17,25H2,1H3,(H,26,27);;;. The minimum absolute atomic E-state index is 0. The van der Waals surface area contributed by atoms with E-state index in [9.17, 15) is 13.2 Å². The average Bonchev–Trinajstić information content (AvgIpc) is 2.71. The third-order valence-electron chi connectivity index (χ3n) is 5.45. The zero-order valence-electron chi connectivity index (χ0n) is 18.8. The summed E-state index contributed by atoms with van der Waals surface area (Å²) < 4.78 is 26.4. The Bertz CT molecular complexity index is 679. The topological polar surface area (TPSA) is 89.3 Å². The summed E-state index contributed by atoms with van der Waals surface area (Å²) in [4.78, 5) is 12.0. The summed E-state index contributed by atoms with van der Waals surface area (Å²) in [6.07, 6.45) is 19.2. The zero-order chi connectivity index (χ0) is 22.1. The molecule has 0 saturated carbocycles. The van der Waals surface area contributed by atoms with Gasteiger partial charge in [0.1, 0.15) is 0 Å². The van der Waals surface area contributed by atoms with Gasteiger partial charge in [-0.25, -0.2) is 13.1 Å². The van der Waals surface area contributed by atoms with Crippen LogP contribution in [0.25, 0.3) is 0 Å². The number of nitrogen functional groups attached to an aromatic ring is 1. The normalized spacial score (nSPS) is 11.1. The molecule has 0 atom stereocenters. The van der Waals surface area contributed by atoms with E-state index in [-0.39, 0.29) is 60.2 Å². The Morgan fingerprint density at radius 1 is 0.742 bits per heavy atom. The fraction of sp³-hybridized carbons (Fsp3) is 0.708. The molecule has 31 heavy (non-hydrogen) atoms. The van der Waals surface area contributed by atoms with E-state index in [1.165, 1.54) is 101 Å². The second kappa shape index (κ2) is 19.5. The first kappa shape index (κ1) is 31.0. The van der Waals surface area contributed by atoms with Gasteiger partial charge in [-0.05, 0) is 30.7 Å². The molecule has 1 aromatic rings. The van der Waals surface area contributed by atoms with E-state index < -0.39 is 15.9 Å². The van der Waals surface area contributed by atoms with Crippen LogP contribution in [-0.4, -0.2) is 63.2 Å². The summed E-state index contributed by atoms with van der Waals surface area (Å²) in [5.41, 5.74) is 6.04. The number of hydrogen-bond donors (Lipinski definition) is 2. The second-order valence-corrected chi connectivity index (χ2v) is 9.98. The van der Waals surface area contributed by atoms with Crippen molar-refractivity contribution in [3.63, 3.8) is 0 Å². The molecule has 5 nitrogen and oxygen atoms in total. The van der Waals surface area contributed by atoms with Gasteiger partial charge in [0.05, 0.1) is 4.90 Å². The van der Waals surface area contributed by atoms with Crippen LogP contribution in [0.5, 0.6) is 0 Å². The van der Waals surface area contributed by atoms with E-state index in [4.69, 9.17) is 5.73 Å². The number of nitrogens with one attached hydrogen (secondary N) is 1. The van der Waals surface area contributed by atoms with Crippen molar-refractivity contribution in [2.45, 2.75) is 115 Å². The predicted molar refractivity (Wildman–Crippen MR) is 134 cm³/mol. The van der Waals surface area contributed by atoms with Crippen molar-refractivity contribution in [2.24, 2.45) is 0 Å². The number of carbonyl (C=O) groups excluding carboxylic acids is 1. The number of amides is 1. The first-order valence-electron chi connectivity index (χ1n) is 11.9. The molecule has 7 heteroatoms. The van der Waals surface area contributed by atoms with Gasteiger partial charge >= 0.3 is 48.9 Å². The third kappa shape index (κ3) is 16.3. The van der Waals surface area contributed by atoms with E-state index >= 15 is 0 Å². The number of nitrogens with two attached hydrogens (primary N) is 1. The monoisotopic (exact) mass is 578 g/mol. The molecule has 3 N–H and O–H groups in total. The molecule has 0 aliphatic heterocycles. The van der Waals surface area contributed by atoms with E-state index in [1.54, 1.807) is 0 Å². The zero-order valence-corrected chi connectivity index (χ0v) is 19.6. The molecular formula is C24H44BaN2O3S. The van der Waals surface area contributed by atoms with Crippen molar-refractivity contribution in [2.75, 3.05) is 5.73 Å². The summed E-state index contributed by atoms with van der Waals surface area (Å²) in [6, 6.07) is 5.82. The number of hydrogen-bond acceptors (Lipinski definition) is 4. The summed E-state index contributed by atoms with van der Waals surface area (Å²) in [7, 11) is -3.80. The summed E-state index contributed by atoms with van der Waals surface area (Å²) in [5.74, 6) is -0.443. The Kier molecular flexibility index (Phi) is 19.5. The van der Waals surface area contributed by atoms with Crippen molar-refractivity contribution in [3.8, 4) is 0 Å². The average molecular weight is 578 g/mol. The molecule has 176 valence electrons.